The molecule has 5 heteroatoms. The van der Waals surface area contributed by atoms with Gasteiger partial charge in [0.05, 0.1) is 12.6 Å². The molecule has 3 atom stereocenters. The van der Waals surface area contributed by atoms with Crippen LogP contribution in [0.2, 0.25) is 0 Å². The molecule has 0 saturated carbocycles. The van der Waals surface area contributed by atoms with E-state index in [0.29, 0.717) is 12.5 Å². The number of hydrogen-bond donors (Lipinski definition) is 3. The summed E-state index contributed by atoms with van der Waals surface area (Å²) in [7, 11) is 3.86. The second kappa shape index (κ2) is 10.6. The SMILES string of the molecule is CN[C@H](C(=O)N[C@H](CN(C)[C@H](CO)C(C)C)C(C)(C)C)C(C)(C)c1ccccc1. The molecule has 0 bridgehead atoms. The Bertz CT molecular complexity index is 623. The second-order valence-corrected chi connectivity index (χ2v) is 10.2. The van der Waals surface area contributed by atoms with Gasteiger partial charge in [-0.2, -0.15) is 0 Å². The van der Waals surface area contributed by atoms with Gasteiger partial charge in [0.25, 0.3) is 0 Å². The van der Waals surface area contributed by atoms with Gasteiger partial charge in [-0.25, -0.2) is 0 Å². The van der Waals surface area contributed by atoms with E-state index in [2.05, 4.69) is 76.1 Å². The number of carbonyl (C=O) groups is 1. The van der Waals surface area contributed by atoms with Gasteiger partial charge in [-0.15, -0.1) is 0 Å². The lowest BCUT2D eigenvalue weighted by atomic mass is 9.76. The molecule has 0 unspecified atom stereocenters. The minimum atomic E-state index is -0.362. The molecular weight excluding hydrogens is 362 g/mol. The molecule has 1 rings (SSSR count). The van der Waals surface area contributed by atoms with Crippen molar-refractivity contribution in [2.45, 2.75) is 72.0 Å². The van der Waals surface area contributed by atoms with Gasteiger partial charge in [0.15, 0.2) is 0 Å². The number of amides is 1. The third kappa shape index (κ3) is 6.80. The zero-order valence-electron chi connectivity index (χ0n) is 19.9. The number of rotatable bonds is 10. The quantitative estimate of drug-likeness (QED) is 0.560. The summed E-state index contributed by atoms with van der Waals surface area (Å²) in [4.78, 5) is 15.5. The zero-order chi connectivity index (χ0) is 22.4. The molecule has 5 nitrogen and oxygen atoms in total. The minimum absolute atomic E-state index is 0.000210. The van der Waals surface area contributed by atoms with Crippen LogP contribution < -0.4 is 10.6 Å². The van der Waals surface area contributed by atoms with E-state index in [-0.39, 0.29) is 41.5 Å². The molecule has 0 aliphatic rings. The Morgan fingerprint density at radius 1 is 1.10 bits per heavy atom. The number of benzene rings is 1. The maximum Gasteiger partial charge on any atom is 0.238 e. The Hall–Kier alpha value is -1.43. The molecule has 0 aliphatic carbocycles. The molecule has 0 aromatic heterocycles. The molecule has 0 fully saturated rings. The number of likely N-dealkylation sites (N-methyl/N-ethyl adjacent to an activating group) is 2. The normalized spacial score (nSPS) is 16.0. The predicted octanol–water partition coefficient (Wildman–Crippen LogP) is 3.03. The van der Waals surface area contributed by atoms with Crippen molar-refractivity contribution in [1.29, 1.82) is 0 Å². The summed E-state index contributed by atoms with van der Waals surface area (Å²) in [5.41, 5.74) is 0.648. The van der Waals surface area contributed by atoms with E-state index in [1.807, 2.05) is 32.3 Å². The first-order valence-electron chi connectivity index (χ1n) is 10.7. The van der Waals surface area contributed by atoms with Crippen LogP contribution in [0.5, 0.6) is 0 Å². The van der Waals surface area contributed by atoms with Crippen LogP contribution in [0.25, 0.3) is 0 Å². The van der Waals surface area contributed by atoms with Crippen molar-refractivity contribution >= 4 is 5.91 Å². The summed E-state index contributed by atoms with van der Waals surface area (Å²) >= 11 is 0. The Balaban J connectivity index is 3.04. The standard InChI is InChI=1S/C24H43N3O2/c1-17(2)19(16-28)27(9)15-20(23(3,4)5)26-22(29)21(25-8)24(6,7)18-13-11-10-12-14-18/h10-14,17,19-21,25,28H,15-16H2,1-9H3,(H,26,29)/t19-,20-,21-/m1/s1. The molecule has 0 saturated heterocycles. The lowest BCUT2D eigenvalue weighted by molar-refractivity contribution is -0.126. The van der Waals surface area contributed by atoms with Crippen LogP contribution in [-0.4, -0.2) is 61.3 Å². The molecule has 0 radical (unpaired) electrons. The van der Waals surface area contributed by atoms with Crippen molar-refractivity contribution in [3.8, 4) is 0 Å². The molecule has 0 spiro atoms. The maximum absolute atomic E-state index is 13.4. The van der Waals surface area contributed by atoms with Gasteiger partial charge in [-0.1, -0.05) is 78.8 Å². The van der Waals surface area contributed by atoms with Crippen LogP contribution in [0.1, 0.15) is 54.0 Å². The zero-order valence-corrected chi connectivity index (χ0v) is 19.9. The molecule has 29 heavy (non-hydrogen) atoms. The molecule has 166 valence electrons. The van der Waals surface area contributed by atoms with Crippen LogP contribution in [0, 0.1) is 11.3 Å². The Morgan fingerprint density at radius 2 is 1.66 bits per heavy atom. The first kappa shape index (κ1) is 25.6. The lowest BCUT2D eigenvalue weighted by Gasteiger charge is -2.40. The van der Waals surface area contributed by atoms with Gasteiger partial charge in [0, 0.05) is 24.0 Å². The molecule has 0 heterocycles. The number of aliphatic hydroxyl groups excluding tert-OH is 1. The Kier molecular flexibility index (Phi) is 9.32. The van der Waals surface area contributed by atoms with E-state index >= 15 is 0 Å². The number of nitrogens with one attached hydrogen (secondary N) is 2. The first-order chi connectivity index (χ1) is 13.4. The van der Waals surface area contributed by atoms with Gasteiger partial charge in [-0.3, -0.25) is 9.69 Å². The van der Waals surface area contributed by atoms with E-state index in [0.717, 1.165) is 5.56 Å². The summed E-state index contributed by atoms with van der Waals surface area (Å²) in [6.45, 7) is 15.6. The van der Waals surface area contributed by atoms with Crippen LogP contribution in [0.4, 0.5) is 0 Å². The second-order valence-electron chi connectivity index (χ2n) is 10.2. The number of aliphatic hydroxyl groups is 1. The highest BCUT2D eigenvalue weighted by Crippen LogP contribution is 2.28. The molecule has 1 aromatic rings. The molecule has 1 aromatic carbocycles. The maximum atomic E-state index is 13.4. The van der Waals surface area contributed by atoms with Crippen molar-refractivity contribution in [3.63, 3.8) is 0 Å². The fourth-order valence-electron chi connectivity index (χ4n) is 3.93. The lowest BCUT2D eigenvalue weighted by Crippen LogP contribution is -2.60. The third-order valence-corrected chi connectivity index (χ3v) is 6.15. The highest BCUT2D eigenvalue weighted by molar-refractivity contribution is 5.84. The van der Waals surface area contributed by atoms with Crippen LogP contribution >= 0.6 is 0 Å². The Labute approximate surface area is 178 Å². The number of hydrogen-bond acceptors (Lipinski definition) is 4. The fourth-order valence-corrected chi connectivity index (χ4v) is 3.93. The summed E-state index contributed by atoms with van der Waals surface area (Å²) in [5, 5.41) is 16.3. The number of nitrogens with zero attached hydrogens (tertiary/aromatic N) is 1. The average molecular weight is 406 g/mol. The van der Waals surface area contributed by atoms with Crippen molar-refractivity contribution in [3.05, 3.63) is 35.9 Å². The largest absolute Gasteiger partial charge is 0.395 e. The summed E-state index contributed by atoms with van der Waals surface area (Å²) in [6, 6.07) is 9.81. The van der Waals surface area contributed by atoms with E-state index in [4.69, 9.17) is 0 Å². The Morgan fingerprint density at radius 3 is 2.07 bits per heavy atom. The van der Waals surface area contributed by atoms with Crippen LogP contribution in [-0.2, 0) is 10.2 Å². The highest BCUT2D eigenvalue weighted by atomic mass is 16.3. The van der Waals surface area contributed by atoms with Gasteiger partial charge in [0.2, 0.25) is 5.91 Å². The van der Waals surface area contributed by atoms with Crippen molar-refractivity contribution < 1.29 is 9.90 Å². The van der Waals surface area contributed by atoms with Crippen molar-refractivity contribution in [2.24, 2.45) is 11.3 Å². The van der Waals surface area contributed by atoms with Crippen molar-refractivity contribution in [2.75, 3.05) is 27.2 Å². The van der Waals surface area contributed by atoms with E-state index in [9.17, 15) is 9.90 Å². The third-order valence-electron chi connectivity index (χ3n) is 6.15. The van der Waals surface area contributed by atoms with E-state index in [1.54, 1.807) is 0 Å². The summed E-state index contributed by atoms with van der Waals surface area (Å²) < 4.78 is 0. The molecule has 1 amide bonds. The summed E-state index contributed by atoms with van der Waals surface area (Å²) in [5.74, 6) is 0.336. The van der Waals surface area contributed by atoms with E-state index < -0.39 is 0 Å². The van der Waals surface area contributed by atoms with Crippen molar-refractivity contribution in [1.82, 2.24) is 15.5 Å². The highest BCUT2D eigenvalue weighted by Gasteiger charge is 2.38. The first-order valence-corrected chi connectivity index (χ1v) is 10.7. The number of carbonyl (C=O) groups excluding carboxylic acids is 1. The molecule has 3 N–H and O–H groups in total. The monoisotopic (exact) mass is 405 g/mol. The minimum Gasteiger partial charge on any atom is -0.395 e. The summed E-state index contributed by atoms with van der Waals surface area (Å²) in [6.07, 6.45) is 0. The molecular formula is C24H43N3O2. The topological polar surface area (TPSA) is 64.6 Å². The van der Waals surface area contributed by atoms with Gasteiger partial charge in [-0.05, 0) is 31.0 Å². The predicted molar refractivity (Wildman–Crippen MR) is 122 cm³/mol. The fraction of sp³-hybridized carbons (Fsp3) is 0.708. The van der Waals surface area contributed by atoms with Gasteiger partial charge < -0.3 is 15.7 Å². The van der Waals surface area contributed by atoms with Gasteiger partial charge >= 0.3 is 0 Å². The average Bonchev–Trinajstić information content (AvgIpc) is 2.61. The smallest absolute Gasteiger partial charge is 0.238 e. The molecule has 0 aliphatic heterocycles. The van der Waals surface area contributed by atoms with Crippen LogP contribution in [0.15, 0.2) is 30.3 Å². The van der Waals surface area contributed by atoms with Gasteiger partial charge in [0.1, 0.15) is 0 Å². The van der Waals surface area contributed by atoms with Crippen LogP contribution in [0.3, 0.4) is 0 Å². The van der Waals surface area contributed by atoms with E-state index in [1.165, 1.54) is 0 Å².